The molecule has 2 aliphatic rings. The number of hydrogen-bond acceptors (Lipinski definition) is 0. The monoisotopic (exact) mass is 196 g/mol. The Hall–Kier alpha value is -1.30. The largest absolute Gasteiger partial charge is 0.0839 e. The highest BCUT2D eigenvalue weighted by molar-refractivity contribution is 5.31. The quantitative estimate of drug-likeness (QED) is 0.635. The molecule has 0 heteroatoms. The zero-order valence-electron chi connectivity index (χ0n) is 8.89. The van der Waals surface area contributed by atoms with Gasteiger partial charge in [-0.05, 0) is 36.7 Å². The van der Waals surface area contributed by atoms with Crippen molar-refractivity contribution in [2.75, 3.05) is 0 Å². The Morgan fingerprint density at radius 3 is 2.67 bits per heavy atom. The maximum Gasteiger partial charge on any atom is -0.0119 e. The lowest BCUT2D eigenvalue weighted by Crippen LogP contribution is -1.97. The van der Waals surface area contributed by atoms with E-state index < -0.39 is 0 Å². The lowest BCUT2D eigenvalue weighted by Gasteiger charge is -2.11. The van der Waals surface area contributed by atoms with Crippen molar-refractivity contribution in [3.8, 4) is 0 Å². The number of fused-ring (bicyclic) bond motifs is 1. The van der Waals surface area contributed by atoms with Crippen LogP contribution in [-0.4, -0.2) is 0 Å². The van der Waals surface area contributed by atoms with Crippen LogP contribution in [0.2, 0.25) is 0 Å². The zero-order chi connectivity index (χ0) is 10.1. The molecule has 0 heterocycles. The summed E-state index contributed by atoms with van der Waals surface area (Å²) >= 11 is 0. The van der Waals surface area contributed by atoms with Gasteiger partial charge in [-0.2, -0.15) is 0 Å². The molecular formula is C15H16. The van der Waals surface area contributed by atoms with Crippen molar-refractivity contribution in [1.82, 2.24) is 0 Å². The van der Waals surface area contributed by atoms with Crippen LogP contribution in [0.3, 0.4) is 0 Å². The second-order valence-corrected chi connectivity index (χ2v) is 4.65. The van der Waals surface area contributed by atoms with Crippen LogP contribution in [-0.2, 0) is 0 Å². The summed E-state index contributed by atoms with van der Waals surface area (Å²) in [5.74, 6) is 1.60. The normalized spacial score (nSPS) is 28.7. The molecule has 3 rings (SSSR count). The van der Waals surface area contributed by atoms with Gasteiger partial charge in [0.1, 0.15) is 0 Å². The Balaban J connectivity index is 1.83. The summed E-state index contributed by atoms with van der Waals surface area (Å²) in [5, 5.41) is 0. The molecule has 2 aliphatic carbocycles. The molecule has 76 valence electrons. The Kier molecular flexibility index (Phi) is 2.21. The third kappa shape index (κ3) is 1.65. The van der Waals surface area contributed by atoms with E-state index in [9.17, 15) is 0 Å². The van der Waals surface area contributed by atoms with E-state index in [1.807, 2.05) is 0 Å². The molecule has 0 saturated heterocycles. The van der Waals surface area contributed by atoms with Gasteiger partial charge < -0.3 is 0 Å². The fourth-order valence-electron chi connectivity index (χ4n) is 2.89. The average molecular weight is 196 g/mol. The van der Waals surface area contributed by atoms with Gasteiger partial charge in [0, 0.05) is 0 Å². The lowest BCUT2D eigenvalue weighted by molar-refractivity contribution is 0.594. The molecule has 1 aromatic carbocycles. The van der Waals surface area contributed by atoms with E-state index in [0.717, 1.165) is 11.8 Å². The first-order valence-electron chi connectivity index (χ1n) is 5.84. The highest BCUT2D eigenvalue weighted by atomic mass is 14.3. The highest BCUT2D eigenvalue weighted by Gasteiger charge is 2.29. The second kappa shape index (κ2) is 3.69. The summed E-state index contributed by atoms with van der Waals surface area (Å²) in [6.45, 7) is 0. The highest BCUT2D eigenvalue weighted by Crippen LogP contribution is 2.44. The first kappa shape index (κ1) is 8.96. The fraction of sp³-hybridized carbons (Fsp3) is 0.333. The Bertz CT molecular complexity index is 397. The fourth-order valence-corrected chi connectivity index (χ4v) is 2.89. The Labute approximate surface area is 91.3 Å². The standard InChI is InChI=1S/C15H16/c1-2-6-12(7-3-1)15-10-13-8-4-5-9-14(13)11-15/h1-8,14-15H,9-11H2. The van der Waals surface area contributed by atoms with Gasteiger partial charge in [0.15, 0.2) is 0 Å². The summed E-state index contributed by atoms with van der Waals surface area (Å²) in [5.41, 5.74) is 3.19. The van der Waals surface area contributed by atoms with E-state index in [1.54, 1.807) is 5.57 Å². The lowest BCUT2D eigenvalue weighted by atomic mass is 9.94. The first-order chi connectivity index (χ1) is 7.43. The maximum absolute atomic E-state index is 2.33. The molecule has 0 aliphatic heterocycles. The average Bonchev–Trinajstić information content (AvgIpc) is 2.74. The molecule has 2 atom stereocenters. The summed E-state index contributed by atoms with van der Waals surface area (Å²) in [6, 6.07) is 11.0. The van der Waals surface area contributed by atoms with Crippen LogP contribution in [0.25, 0.3) is 0 Å². The molecule has 0 amide bonds. The number of benzene rings is 1. The number of rotatable bonds is 1. The Morgan fingerprint density at radius 1 is 1.00 bits per heavy atom. The van der Waals surface area contributed by atoms with Crippen LogP contribution in [0.15, 0.2) is 54.1 Å². The molecule has 1 saturated carbocycles. The maximum atomic E-state index is 2.33. The van der Waals surface area contributed by atoms with Crippen molar-refractivity contribution < 1.29 is 0 Å². The van der Waals surface area contributed by atoms with E-state index in [2.05, 4.69) is 48.6 Å². The van der Waals surface area contributed by atoms with Crippen molar-refractivity contribution in [2.24, 2.45) is 5.92 Å². The number of allylic oxidation sites excluding steroid dienone is 4. The van der Waals surface area contributed by atoms with E-state index in [-0.39, 0.29) is 0 Å². The molecule has 15 heavy (non-hydrogen) atoms. The van der Waals surface area contributed by atoms with Gasteiger partial charge in [-0.15, -0.1) is 0 Å². The molecule has 1 aromatic rings. The van der Waals surface area contributed by atoms with Crippen LogP contribution >= 0.6 is 0 Å². The van der Waals surface area contributed by atoms with Crippen molar-refractivity contribution >= 4 is 0 Å². The van der Waals surface area contributed by atoms with Crippen molar-refractivity contribution in [3.63, 3.8) is 0 Å². The van der Waals surface area contributed by atoms with Gasteiger partial charge in [0.2, 0.25) is 0 Å². The molecule has 2 unspecified atom stereocenters. The predicted octanol–water partition coefficient (Wildman–Crippen LogP) is 4.07. The molecule has 0 nitrogen and oxygen atoms in total. The molecule has 1 fully saturated rings. The van der Waals surface area contributed by atoms with Crippen LogP contribution in [0.1, 0.15) is 30.7 Å². The summed E-state index contributed by atoms with van der Waals surface area (Å²) < 4.78 is 0. The minimum atomic E-state index is 0.766. The minimum Gasteiger partial charge on any atom is -0.0839 e. The topological polar surface area (TPSA) is 0 Å². The van der Waals surface area contributed by atoms with Gasteiger partial charge in [-0.25, -0.2) is 0 Å². The van der Waals surface area contributed by atoms with Crippen LogP contribution in [0.5, 0.6) is 0 Å². The molecule has 0 aromatic heterocycles. The molecule has 0 N–H and O–H groups in total. The predicted molar refractivity (Wildman–Crippen MR) is 63.7 cm³/mol. The van der Waals surface area contributed by atoms with Gasteiger partial charge in [0.25, 0.3) is 0 Å². The first-order valence-corrected chi connectivity index (χ1v) is 5.84. The molecule has 0 radical (unpaired) electrons. The van der Waals surface area contributed by atoms with Crippen molar-refractivity contribution in [3.05, 3.63) is 59.7 Å². The molecule has 0 bridgehead atoms. The van der Waals surface area contributed by atoms with E-state index in [1.165, 1.54) is 24.8 Å². The molecule has 0 spiro atoms. The van der Waals surface area contributed by atoms with Crippen LogP contribution in [0, 0.1) is 5.92 Å². The SMILES string of the molecule is C1=CCC2CC(c3ccccc3)CC2=C1. The van der Waals surface area contributed by atoms with Gasteiger partial charge in [-0.1, -0.05) is 54.1 Å². The Morgan fingerprint density at radius 2 is 1.87 bits per heavy atom. The zero-order valence-corrected chi connectivity index (χ0v) is 8.89. The van der Waals surface area contributed by atoms with Gasteiger partial charge in [0.05, 0.1) is 0 Å². The third-order valence-corrected chi connectivity index (χ3v) is 3.71. The smallest absolute Gasteiger partial charge is 0.0119 e. The van der Waals surface area contributed by atoms with Crippen molar-refractivity contribution in [1.29, 1.82) is 0 Å². The second-order valence-electron chi connectivity index (χ2n) is 4.65. The van der Waals surface area contributed by atoms with Crippen LogP contribution < -0.4 is 0 Å². The summed E-state index contributed by atoms with van der Waals surface area (Å²) in [4.78, 5) is 0. The van der Waals surface area contributed by atoms with Crippen LogP contribution in [0.4, 0.5) is 0 Å². The number of hydrogen-bond donors (Lipinski definition) is 0. The minimum absolute atomic E-state index is 0.766. The third-order valence-electron chi connectivity index (χ3n) is 3.71. The van der Waals surface area contributed by atoms with Gasteiger partial charge in [-0.3, -0.25) is 0 Å². The summed E-state index contributed by atoms with van der Waals surface area (Å²) in [7, 11) is 0. The van der Waals surface area contributed by atoms with Crippen molar-refractivity contribution in [2.45, 2.75) is 25.2 Å². The summed E-state index contributed by atoms with van der Waals surface area (Å²) in [6.07, 6.45) is 10.7. The van der Waals surface area contributed by atoms with E-state index in [0.29, 0.717) is 0 Å². The van der Waals surface area contributed by atoms with E-state index in [4.69, 9.17) is 0 Å². The van der Waals surface area contributed by atoms with Gasteiger partial charge >= 0.3 is 0 Å². The van der Waals surface area contributed by atoms with E-state index >= 15 is 0 Å². The molecular weight excluding hydrogens is 180 g/mol.